The molecule has 0 amide bonds. The highest BCUT2D eigenvalue weighted by molar-refractivity contribution is 7.89. The van der Waals surface area contributed by atoms with Gasteiger partial charge in [0.15, 0.2) is 5.78 Å². The number of benzene rings is 1. The van der Waals surface area contributed by atoms with E-state index in [1.54, 1.807) is 45.0 Å². The lowest BCUT2D eigenvalue weighted by molar-refractivity contribution is -0.126. The van der Waals surface area contributed by atoms with Crippen molar-refractivity contribution in [1.82, 2.24) is 4.31 Å². The van der Waals surface area contributed by atoms with Gasteiger partial charge in [0.05, 0.1) is 18.0 Å². The van der Waals surface area contributed by atoms with Gasteiger partial charge in [-0.1, -0.05) is 64.0 Å². The monoisotopic (exact) mass is 379 g/mol. The summed E-state index contributed by atoms with van der Waals surface area (Å²) < 4.78 is 27.2. The first-order valence-electron chi connectivity index (χ1n) is 8.34. The quantitative estimate of drug-likeness (QED) is 0.581. The van der Waals surface area contributed by atoms with Gasteiger partial charge in [-0.2, -0.15) is 4.31 Å². The van der Waals surface area contributed by atoms with E-state index < -0.39 is 23.5 Å². The standard InChI is InChI=1S/C19H29NO3SSi/c1-16-9-11-17(12-10-16)24(22,23)20(13-8-14-25(5,6)7)15-18(21)19(2,3)4/h9-12H,13,15H2,1-7H3. The second-order valence-corrected chi connectivity index (χ2v) is 15.0. The first kappa shape index (κ1) is 21.6. The summed E-state index contributed by atoms with van der Waals surface area (Å²) in [6, 6.07) is 6.66. The summed E-state index contributed by atoms with van der Waals surface area (Å²) in [5, 5.41) is 0. The molecular formula is C19H29NO3SSi. The maximum atomic E-state index is 13.0. The van der Waals surface area contributed by atoms with Crippen LogP contribution >= 0.6 is 0 Å². The zero-order valence-corrected chi connectivity index (χ0v) is 18.1. The van der Waals surface area contributed by atoms with E-state index in [0.29, 0.717) is 0 Å². The van der Waals surface area contributed by atoms with Crippen LogP contribution in [-0.4, -0.2) is 39.7 Å². The molecule has 0 saturated carbocycles. The molecule has 0 radical (unpaired) electrons. The molecule has 1 aromatic rings. The number of sulfonamides is 1. The number of nitrogens with zero attached hydrogens (tertiary/aromatic N) is 1. The minimum absolute atomic E-state index is 0.0301. The number of carbonyl (C=O) groups is 1. The van der Waals surface area contributed by atoms with Crippen molar-refractivity contribution >= 4 is 23.9 Å². The van der Waals surface area contributed by atoms with E-state index in [0.717, 1.165) is 5.56 Å². The fraction of sp³-hybridized carbons (Fsp3) is 0.526. The minimum atomic E-state index is -3.77. The van der Waals surface area contributed by atoms with Gasteiger partial charge in [-0.05, 0) is 19.1 Å². The Hall–Kier alpha value is -1.42. The van der Waals surface area contributed by atoms with Crippen molar-refractivity contribution in [1.29, 1.82) is 0 Å². The lowest BCUT2D eigenvalue weighted by Crippen LogP contribution is -2.40. The number of hydrogen-bond acceptors (Lipinski definition) is 3. The van der Waals surface area contributed by atoms with Gasteiger partial charge in [0.2, 0.25) is 10.0 Å². The number of carbonyl (C=O) groups excluding carboxylic acids is 1. The molecule has 0 N–H and O–H groups in total. The van der Waals surface area contributed by atoms with E-state index in [1.165, 1.54) is 4.31 Å². The van der Waals surface area contributed by atoms with Crippen molar-refractivity contribution in [3.8, 4) is 11.5 Å². The molecule has 0 aliphatic rings. The van der Waals surface area contributed by atoms with Crippen LogP contribution in [0.5, 0.6) is 0 Å². The van der Waals surface area contributed by atoms with Crippen molar-refractivity contribution in [3.63, 3.8) is 0 Å². The normalized spacial score (nSPS) is 12.6. The smallest absolute Gasteiger partial charge is 0.244 e. The van der Waals surface area contributed by atoms with Crippen molar-refractivity contribution in [2.45, 2.75) is 52.2 Å². The average molecular weight is 380 g/mol. The molecule has 0 aliphatic carbocycles. The fourth-order valence-corrected chi connectivity index (χ4v) is 3.78. The lowest BCUT2D eigenvalue weighted by Gasteiger charge is -2.24. The van der Waals surface area contributed by atoms with Gasteiger partial charge in [0.25, 0.3) is 0 Å². The predicted molar refractivity (Wildman–Crippen MR) is 106 cm³/mol. The van der Waals surface area contributed by atoms with E-state index in [1.807, 2.05) is 6.92 Å². The van der Waals surface area contributed by atoms with Crippen molar-refractivity contribution in [3.05, 3.63) is 29.8 Å². The summed E-state index contributed by atoms with van der Waals surface area (Å²) in [5.41, 5.74) is 3.55. The van der Waals surface area contributed by atoms with Crippen molar-refractivity contribution in [2.24, 2.45) is 5.41 Å². The van der Waals surface area contributed by atoms with Crippen LogP contribution in [0.2, 0.25) is 19.6 Å². The zero-order valence-electron chi connectivity index (χ0n) is 16.3. The highest BCUT2D eigenvalue weighted by atomic mass is 32.2. The summed E-state index contributed by atoms with van der Waals surface area (Å²) in [4.78, 5) is 12.6. The maximum absolute atomic E-state index is 13.0. The van der Waals surface area contributed by atoms with Gasteiger partial charge >= 0.3 is 0 Å². The molecule has 1 aromatic carbocycles. The van der Waals surface area contributed by atoms with Crippen LogP contribution in [-0.2, 0) is 14.8 Å². The molecule has 25 heavy (non-hydrogen) atoms. The average Bonchev–Trinajstić information content (AvgIpc) is 2.44. The van der Waals surface area contributed by atoms with Gasteiger partial charge in [0.1, 0.15) is 8.07 Å². The second-order valence-electron chi connectivity index (χ2n) is 8.31. The molecule has 0 aromatic heterocycles. The van der Waals surface area contributed by atoms with Crippen LogP contribution in [0.25, 0.3) is 0 Å². The third kappa shape index (κ3) is 6.77. The number of rotatable bonds is 5. The second kappa shape index (κ2) is 7.86. The number of aryl methyl sites for hydroxylation is 1. The molecule has 0 heterocycles. The Morgan fingerprint density at radius 1 is 1.12 bits per heavy atom. The summed E-state index contributed by atoms with van der Waals surface area (Å²) >= 11 is 0. The summed E-state index contributed by atoms with van der Waals surface area (Å²) in [6.07, 6.45) is 0. The van der Waals surface area contributed by atoms with Crippen molar-refractivity contribution < 1.29 is 13.2 Å². The third-order valence-corrected chi connectivity index (χ3v) is 6.27. The van der Waals surface area contributed by atoms with Crippen LogP contribution in [0.3, 0.4) is 0 Å². The van der Waals surface area contributed by atoms with E-state index >= 15 is 0 Å². The molecule has 6 heteroatoms. The molecule has 0 fully saturated rings. The first-order valence-corrected chi connectivity index (χ1v) is 13.3. The number of Topliss-reactive ketones (excluding diaryl/α,β-unsaturated/α-hetero) is 1. The van der Waals surface area contributed by atoms with Gasteiger partial charge < -0.3 is 0 Å². The molecule has 4 nitrogen and oxygen atoms in total. The lowest BCUT2D eigenvalue weighted by atomic mass is 9.91. The zero-order chi connectivity index (χ0) is 19.5. The van der Waals surface area contributed by atoms with Crippen LogP contribution in [0.4, 0.5) is 0 Å². The van der Waals surface area contributed by atoms with E-state index in [-0.39, 0.29) is 23.8 Å². The highest BCUT2D eigenvalue weighted by Crippen LogP contribution is 2.20. The largest absolute Gasteiger partial charge is 0.298 e. The maximum Gasteiger partial charge on any atom is 0.244 e. The Kier molecular flexibility index (Phi) is 6.79. The fourth-order valence-electron chi connectivity index (χ4n) is 1.88. The first-order chi connectivity index (χ1) is 11.2. The van der Waals surface area contributed by atoms with Gasteiger partial charge in [-0.3, -0.25) is 4.79 Å². The Morgan fingerprint density at radius 2 is 1.64 bits per heavy atom. The van der Waals surface area contributed by atoms with Crippen LogP contribution in [0, 0.1) is 23.8 Å². The Bertz CT molecular complexity index is 773. The molecular weight excluding hydrogens is 350 g/mol. The highest BCUT2D eigenvalue weighted by Gasteiger charge is 2.30. The summed E-state index contributed by atoms with van der Waals surface area (Å²) in [5.74, 6) is 2.85. The minimum Gasteiger partial charge on any atom is -0.298 e. The Labute approximate surface area is 153 Å². The van der Waals surface area contributed by atoms with Crippen LogP contribution < -0.4 is 0 Å². The molecule has 0 atom stereocenters. The Balaban J connectivity index is 3.21. The topological polar surface area (TPSA) is 54.5 Å². The van der Waals surface area contributed by atoms with Crippen molar-refractivity contribution in [2.75, 3.05) is 13.1 Å². The number of hydrogen-bond donors (Lipinski definition) is 0. The number of ketones is 1. The van der Waals surface area contributed by atoms with Gasteiger partial charge in [-0.25, -0.2) is 8.42 Å². The van der Waals surface area contributed by atoms with Gasteiger partial charge in [0, 0.05) is 5.41 Å². The van der Waals surface area contributed by atoms with E-state index in [9.17, 15) is 13.2 Å². The summed E-state index contributed by atoms with van der Waals surface area (Å²) in [7, 11) is -5.38. The molecule has 138 valence electrons. The van der Waals surface area contributed by atoms with Crippen LogP contribution in [0.15, 0.2) is 29.2 Å². The molecule has 0 bridgehead atoms. The summed E-state index contributed by atoms with van der Waals surface area (Å²) in [6.45, 7) is 13.4. The SMILES string of the molecule is Cc1ccc(S(=O)(=O)N(CC#C[Si](C)(C)C)CC(=O)C(C)(C)C)cc1. The van der Waals surface area contributed by atoms with Crippen LogP contribution in [0.1, 0.15) is 26.3 Å². The Morgan fingerprint density at radius 3 is 2.08 bits per heavy atom. The molecule has 1 rings (SSSR count). The molecule has 0 saturated heterocycles. The van der Waals surface area contributed by atoms with E-state index in [2.05, 4.69) is 31.1 Å². The third-order valence-electron chi connectivity index (χ3n) is 3.53. The van der Waals surface area contributed by atoms with Gasteiger partial charge in [-0.15, -0.1) is 5.54 Å². The molecule has 0 aliphatic heterocycles. The molecule has 0 spiro atoms. The molecule has 0 unspecified atom stereocenters. The van der Waals surface area contributed by atoms with E-state index in [4.69, 9.17) is 0 Å². The predicted octanol–water partition coefficient (Wildman–Crippen LogP) is 3.48.